The summed E-state index contributed by atoms with van der Waals surface area (Å²) in [5.41, 5.74) is -0.0439. The molecule has 1 aromatic heterocycles. The van der Waals surface area contributed by atoms with Crippen LogP contribution in [0.3, 0.4) is 0 Å². The van der Waals surface area contributed by atoms with Crippen molar-refractivity contribution in [2.75, 3.05) is 11.9 Å². The van der Waals surface area contributed by atoms with Crippen molar-refractivity contribution in [3.05, 3.63) is 28.4 Å². The highest BCUT2D eigenvalue weighted by molar-refractivity contribution is 5.40. The molecule has 1 heterocycles. The molecule has 0 saturated carbocycles. The summed E-state index contributed by atoms with van der Waals surface area (Å²) in [5, 5.41) is 22.2. The van der Waals surface area contributed by atoms with Gasteiger partial charge in [-0.1, -0.05) is 6.92 Å². The van der Waals surface area contributed by atoms with Crippen LogP contribution >= 0.6 is 0 Å². The van der Waals surface area contributed by atoms with Crippen molar-refractivity contribution in [3.63, 3.8) is 0 Å². The van der Waals surface area contributed by atoms with Crippen molar-refractivity contribution in [2.24, 2.45) is 0 Å². The van der Waals surface area contributed by atoms with Gasteiger partial charge in [-0.25, -0.2) is 4.98 Å². The van der Waals surface area contributed by atoms with E-state index in [9.17, 15) is 10.1 Å². The molecule has 15 heavy (non-hydrogen) atoms. The largest absolute Gasteiger partial charge is 0.394 e. The molecular weight excluding hydrogens is 198 g/mol. The van der Waals surface area contributed by atoms with Gasteiger partial charge in [-0.2, -0.15) is 0 Å². The van der Waals surface area contributed by atoms with Crippen LogP contribution in [0.4, 0.5) is 11.5 Å². The summed E-state index contributed by atoms with van der Waals surface area (Å²) in [6.07, 6.45) is 1.95. The van der Waals surface area contributed by atoms with Crippen molar-refractivity contribution >= 4 is 11.5 Å². The molecule has 0 spiro atoms. The van der Waals surface area contributed by atoms with Crippen molar-refractivity contribution in [1.29, 1.82) is 0 Å². The summed E-state index contributed by atoms with van der Waals surface area (Å²) in [7, 11) is 0. The number of anilines is 1. The third-order valence-electron chi connectivity index (χ3n) is 2.02. The van der Waals surface area contributed by atoms with Gasteiger partial charge in [0.05, 0.1) is 17.6 Å². The van der Waals surface area contributed by atoms with Crippen LogP contribution in [0, 0.1) is 10.1 Å². The summed E-state index contributed by atoms with van der Waals surface area (Å²) in [6, 6.07) is 2.83. The molecule has 0 aliphatic heterocycles. The van der Waals surface area contributed by atoms with Crippen molar-refractivity contribution in [1.82, 2.24) is 4.98 Å². The lowest BCUT2D eigenvalue weighted by Gasteiger charge is -2.13. The van der Waals surface area contributed by atoms with Gasteiger partial charge in [-0.15, -0.1) is 0 Å². The van der Waals surface area contributed by atoms with E-state index in [1.807, 2.05) is 6.92 Å². The first-order chi connectivity index (χ1) is 7.17. The lowest BCUT2D eigenvalue weighted by Crippen LogP contribution is -2.23. The number of aliphatic hydroxyl groups excluding tert-OH is 1. The van der Waals surface area contributed by atoms with E-state index >= 15 is 0 Å². The number of hydrogen-bond acceptors (Lipinski definition) is 5. The van der Waals surface area contributed by atoms with E-state index in [4.69, 9.17) is 5.11 Å². The molecule has 1 aromatic rings. The maximum atomic E-state index is 10.4. The quantitative estimate of drug-likeness (QED) is 0.563. The van der Waals surface area contributed by atoms with E-state index in [1.165, 1.54) is 18.3 Å². The Balaban J connectivity index is 2.67. The fourth-order valence-electron chi connectivity index (χ4n) is 1.07. The molecule has 1 atom stereocenters. The zero-order valence-electron chi connectivity index (χ0n) is 8.38. The maximum absolute atomic E-state index is 10.4. The van der Waals surface area contributed by atoms with Crippen LogP contribution in [-0.4, -0.2) is 27.7 Å². The predicted molar refractivity (Wildman–Crippen MR) is 55.7 cm³/mol. The van der Waals surface area contributed by atoms with Gasteiger partial charge in [0, 0.05) is 6.07 Å². The number of nitrogens with one attached hydrogen (secondary N) is 1. The topological polar surface area (TPSA) is 88.3 Å². The molecule has 0 amide bonds. The molecule has 0 aromatic carbocycles. The highest BCUT2D eigenvalue weighted by atomic mass is 16.6. The minimum absolute atomic E-state index is 0.00909. The molecule has 1 rings (SSSR count). The second-order valence-electron chi connectivity index (χ2n) is 3.09. The molecule has 0 aliphatic rings. The van der Waals surface area contributed by atoms with E-state index in [0.717, 1.165) is 6.42 Å². The Hall–Kier alpha value is -1.69. The zero-order chi connectivity index (χ0) is 11.3. The Bertz CT molecular complexity index is 322. The number of hydrogen-bond donors (Lipinski definition) is 2. The predicted octanol–water partition coefficient (Wildman–Crippen LogP) is 1.17. The van der Waals surface area contributed by atoms with Gasteiger partial charge in [-0.05, 0) is 12.5 Å². The minimum Gasteiger partial charge on any atom is -0.394 e. The number of pyridine rings is 1. The van der Waals surface area contributed by atoms with Gasteiger partial charge < -0.3 is 10.4 Å². The average molecular weight is 211 g/mol. The molecular formula is C9H13N3O3. The summed E-state index contributed by atoms with van der Waals surface area (Å²) < 4.78 is 0. The van der Waals surface area contributed by atoms with Crippen LogP contribution in [0.1, 0.15) is 13.3 Å². The van der Waals surface area contributed by atoms with Gasteiger partial charge >= 0.3 is 0 Å². The zero-order valence-corrected chi connectivity index (χ0v) is 8.38. The van der Waals surface area contributed by atoms with Crippen LogP contribution in [0.25, 0.3) is 0 Å². The number of nitro groups is 1. The van der Waals surface area contributed by atoms with Gasteiger partial charge in [0.15, 0.2) is 0 Å². The number of aliphatic hydroxyl groups is 1. The molecule has 6 heteroatoms. The van der Waals surface area contributed by atoms with Crippen LogP contribution in [0.5, 0.6) is 0 Å². The molecule has 0 aliphatic carbocycles. The average Bonchev–Trinajstić information content (AvgIpc) is 2.26. The second-order valence-corrected chi connectivity index (χ2v) is 3.09. The SMILES string of the molecule is CC[C@@H](CO)Nc1ccc([N+](=O)[O-])cn1. The number of nitrogens with zero attached hydrogens (tertiary/aromatic N) is 2. The van der Waals surface area contributed by atoms with Gasteiger partial charge in [0.2, 0.25) is 0 Å². The molecule has 82 valence electrons. The Labute approximate surface area is 87.1 Å². The Morgan fingerprint density at radius 2 is 2.40 bits per heavy atom. The Morgan fingerprint density at radius 3 is 2.80 bits per heavy atom. The Kier molecular flexibility index (Phi) is 3.99. The van der Waals surface area contributed by atoms with E-state index < -0.39 is 4.92 Å². The molecule has 2 N–H and O–H groups in total. The summed E-state index contributed by atoms with van der Waals surface area (Å²) >= 11 is 0. The fraction of sp³-hybridized carbons (Fsp3) is 0.444. The van der Waals surface area contributed by atoms with Gasteiger partial charge in [0.25, 0.3) is 5.69 Å². The fourth-order valence-corrected chi connectivity index (χ4v) is 1.07. The number of aromatic nitrogens is 1. The molecule has 0 radical (unpaired) electrons. The van der Waals surface area contributed by atoms with Crippen LogP contribution < -0.4 is 5.32 Å². The van der Waals surface area contributed by atoms with Crippen molar-refractivity contribution in [3.8, 4) is 0 Å². The molecule has 0 saturated heterocycles. The third-order valence-corrected chi connectivity index (χ3v) is 2.02. The standard InChI is InChI=1S/C9H13N3O3/c1-2-7(6-13)11-9-4-3-8(5-10-9)12(14)15/h3-5,7,13H,2,6H2,1H3,(H,10,11)/t7-/m0/s1. The molecule has 0 bridgehead atoms. The second kappa shape index (κ2) is 5.26. The monoisotopic (exact) mass is 211 g/mol. The minimum atomic E-state index is -0.500. The lowest BCUT2D eigenvalue weighted by atomic mass is 10.2. The van der Waals surface area contributed by atoms with Crippen molar-refractivity contribution < 1.29 is 10.0 Å². The highest BCUT2D eigenvalue weighted by Gasteiger charge is 2.08. The lowest BCUT2D eigenvalue weighted by molar-refractivity contribution is -0.385. The Morgan fingerprint density at radius 1 is 1.67 bits per heavy atom. The number of rotatable bonds is 5. The van der Waals surface area contributed by atoms with Crippen LogP contribution in [0.15, 0.2) is 18.3 Å². The van der Waals surface area contributed by atoms with Crippen LogP contribution in [-0.2, 0) is 0 Å². The van der Waals surface area contributed by atoms with E-state index in [1.54, 1.807) is 0 Å². The van der Waals surface area contributed by atoms with Crippen LogP contribution in [0.2, 0.25) is 0 Å². The first-order valence-electron chi connectivity index (χ1n) is 4.65. The molecule has 0 unspecified atom stereocenters. The van der Waals surface area contributed by atoms with E-state index in [0.29, 0.717) is 5.82 Å². The third kappa shape index (κ3) is 3.17. The van der Waals surface area contributed by atoms with Gasteiger partial charge in [-0.3, -0.25) is 10.1 Å². The summed E-state index contributed by atoms with van der Waals surface area (Å²) in [5.74, 6) is 0.529. The van der Waals surface area contributed by atoms with E-state index in [2.05, 4.69) is 10.3 Å². The maximum Gasteiger partial charge on any atom is 0.287 e. The smallest absolute Gasteiger partial charge is 0.287 e. The normalized spacial score (nSPS) is 12.1. The molecule has 0 fully saturated rings. The summed E-state index contributed by atoms with van der Waals surface area (Å²) in [6.45, 7) is 1.94. The van der Waals surface area contributed by atoms with Gasteiger partial charge in [0.1, 0.15) is 12.0 Å². The van der Waals surface area contributed by atoms with Crippen molar-refractivity contribution in [2.45, 2.75) is 19.4 Å². The summed E-state index contributed by atoms with van der Waals surface area (Å²) in [4.78, 5) is 13.7. The first kappa shape index (κ1) is 11.4. The highest BCUT2D eigenvalue weighted by Crippen LogP contribution is 2.12. The first-order valence-corrected chi connectivity index (χ1v) is 4.65. The van der Waals surface area contributed by atoms with E-state index in [-0.39, 0.29) is 18.3 Å². The molecule has 6 nitrogen and oxygen atoms in total.